The van der Waals surface area contributed by atoms with Crippen molar-refractivity contribution >= 4 is 41.8 Å². The smallest absolute Gasteiger partial charge is 0.347 e. The van der Waals surface area contributed by atoms with Crippen molar-refractivity contribution in [1.82, 2.24) is 0 Å². The second-order valence-electron chi connectivity index (χ2n) is 26.0. The summed E-state index contributed by atoms with van der Waals surface area (Å²) in [5.74, 6) is -4.39. The van der Waals surface area contributed by atoms with Gasteiger partial charge in [0.15, 0.2) is 18.3 Å². The quantitative estimate of drug-likeness (QED) is 0.0318. The highest BCUT2D eigenvalue weighted by Gasteiger charge is 2.20. The van der Waals surface area contributed by atoms with Gasteiger partial charge < -0.3 is 39.0 Å². The molecule has 0 saturated heterocycles. The first-order valence-corrected chi connectivity index (χ1v) is 38.1. The lowest BCUT2D eigenvalue weighted by atomic mass is 10.0. The Labute approximate surface area is 577 Å². The topological polar surface area (TPSA) is 226 Å². The molecule has 15 heteroatoms. The molecule has 0 aliphatic rings. The molecule has 0 radical (unpaired) electrons. The average molecular weight is 1340 g/mol. The number of hydrogen-bond donors (Lipinski definition) is 3. The molecule has 0 saturated carbocycles. The fraction of sp³-hybridized carbons (Fsp3) is 0.762. The van der Waals surface area contributed by atoms with E-state index in [1.165, 1.54) is 258 Å². The van der Waals surface area contributed by atoms with E-state index in [4.69, 9.17) is 39.0 Å². The number of carbonyl (C=O) groups excluding carboxylic acids is 5. The number of aliphatic carboxylic acids is 2. The number of ether oxygens (including phenoxy) is 5. The summed E-state index contributed by atoms with van der Waals surface area (Å²) in [6, 6.07) is 18.8. The molecule has 0 unspecified atom stereocenters. The van der Waals surface area contributed by atoms with Crippen molar-refractivity contribution in [3.63, 3.8) is 0 Å². The molecule has 0 bridgehead atoms. The summed E-state index contributed by atoms with van der Waals surface area (Å²) in [7, 11) is 0. The van der Waals surface area contributed by atoms with Crippen molar-refractivity contribution in [3.05, 3.63) is 71.8 Å². The predicted molar refractivity (Wildman–Crippen MR) is 385 cm³/mol. The van der Waals surface area contributed by atoms with Gasteiger partial charge in [0.25, 0.3) is 0 Å². The van der Waals surface area contributed by atoms with Gasteiger partial charge in [0.1, 0.15) is 19.3 Å². The van der Waals surface area contributed by atoms with Crippen molar-refractivity contribution in [1.29, 1.82) is 0 Å². The molecular weight excluding hydrogens is 1200 g/mol. The van der Waals surface area contributed by atoms with Crippen molar-refractivity contribution in [2.24, 2.45) is 0 Å². The van der Waals surface area contributed by atoms with Crippen LogP contribution in [0.25, 0.3) is 0 Å². The molecular formula is C80H138O15. The Morgan fingerprint density at radius 2 is 0.495 bits per heavy atom. The van der Waals surface area contributed by atoms with E-state index in [-0.39, 0.29) is 19.2 Å². The van der Waals surface area contributed by atoms with Crippen LogP contribution in [0.5, 0.6) is 0 Å². The number of rotatable bonds is 59. The van der Waals surface area contributed by atoms with E-state index in [2.05, 4.69) is 20.8 Å². The first-order chi connectivity index (χ1) is 46.0. The molecule has 0 aromatic heterocycles. The number of hydrogen-bond acceptors (Lipinski definition) is 13. The van der Waals surface area contributed by atoms with E-state index in [1.807, 2.05) is 60.7 Å². The zero-order valence-corrected chi connectivity index (χ0v) is 61.2. The van der Waals surface area contributed by atoms with Gasteiger partial charge in [-0.2, -0.15) is 0 Å². The molecule has 0 fully saturated rings. The van der Waals surface area contributed by atoms with Gasteiger partial charge in [0.2, 0.25) is 0 Å². The van der Waals surface area contributed by atoms with Crippen LogP contribution in [0.1, 0.15) is 368 Å². The number of carboxylic acid groups (broad SMARTS) is 2. The van der Waals surface area contributed by atoms with Crippen molar-refractivity contribution in [3.8, 4) is 0 Å². The minimum absolute atomic E-state index is 0.195. The van der Waals surface area contributed by atoms with Crippen LogP contribution in [-0.2, 0) is 70.5 Å². The molecule has 15 nitrogen and oxygen atoms in total. The molecule has 548 valence electrons. The molecule has 0 heterocycles. The first-order valence-electron chi connectivity index (χ1n) is 38.1. The van der Waals surface area contributed by atoms with Crippen molar-refractivity contribution in [2.45, 2.75) is 394 Å². The number of aliphatic hydroxyl groups is 1. The van der Waals surface area contributed by atoms with Gasteiger partial charge in [0.05, 0.1) is 0 Å². The summed E-state index contributed by atoms with van der Waals surface area (Å²) in [6.07, 6.45) is 55.0. The molecule has 95 heavy (non-hydrogen) atoms. The van der Waals surface area contributed by atoms with Crippen LogP contribution in [0.4, 0.5) is 0 Å². The van der Waals surface area contributed by atoms with Crippen LogP contribution in [0, 0.1) is 0 Å². The molecule has 3 N–H and O–H groups in total. The summed E-state index contributed by atoms with van der Waals surface area (Å²) in [6.45, 7) is 12.9. The minimum atomic E-state index is -1.09. The number of esters is 5. The Kier molecular flexibility index (Phi) is 67.6. The lowest BCUT2D eigenvalue weighted by Gasteiger charge is -2.13. The van der Waals surface area contributed by atoms with Crippen LogP contribution >= 0.6 is 0 Å². The van der Waals surface area contributed by atoms with E-state index in [0.717, 1.165) is 62.5 Å². The lowest BCUT2D eigenvalue weighted by molar-refractivity contribution is -0.167. The second kappa shape index (κ2) is 70.0. The lowest BCUT2D eigenvalue weighted by Crippen LogP contribution is -2.26. The Hall–Kier alpha value is -5.31. The molecule has 2 rings (SSSR count). The van der Waals surface area contributed by atoms with E-state index in [0.29, 0.717) is 19.3 Å². The fourth-order valence-electron chi connectivity index (χ4n) is 10.5. The Morgan fingerprint density at radius 3 is 0.705 bits per heavy atom. The first kappa shape index (κ1) is 91.7. The summed E-state index contributed by atoms with van der Waals surface area (Å²) in [5, 5.41) is 26.1. The second-order valence-corrected chi connectivity index (χ2v) is 26.0. The Morgan fingerprint density at radius 1 is 0.295 bits per heavy atom. The number of benzene rings is 2. The van der Waals surface area contributed by atoms with Crippen LogP contribution in [0.2, 0.25) is 0 Å². The van der Waals surface area contributed by atoms with Crippen LogP contribution in [-0.4, -0.2) is 81.5 Å². The Bertz CT molecular complexity index is 2020. The van der Waals surface area contributed by atoms with Gasteiger partial charge in [-0.1, -0.05) is 351 Å². The number of aliphatic hydroxyl groups excluding tert-OH is 1. The van der Waals surface area contributed by atoms with Crippen LogP contribution < -0.4 is 0 Å². The van der Waals surface area contributed by atoms with E-state index in [9.17, 15) is 33.6 Å². The van der Waals surface area contributed by atoms with E-state index < -0.39 is 60.2 Å². The van der Waals surface area contributed by atoms with E-state index >= 15 is 0 Å². The van der Waals surface area contributed by atoms with Crippen LogP contribution in [0.3, 0.4) is 0 Å². The Balaban J connectivity index is 0. The number of unbranched alkanes of at least 4 members (excludes halogenated alkanes) is 42. The summed E-state index contributed by atoms with van der Waals surface area (Å²) < 4.78 is 24.8. The van der Waals surface area contributed by atoms with Crippen LogP contribution in [0.15, 0.2) is 60.7 Å². The van der Waals surface area contributed by atoms with Gasteiger partial charge in [-0.25, -0.2) is 19.2 Å². The summed E-state index contributed by atoms with van der Waals surface area (Å²) in [4.78, 5) is 78.7. The minimum Gasteiger partial charge on any atom is -0.479 e. The van der Waals surface area contributed by atoms with Gasteiger partial charge in [-0.3, -0.25) is 14.4 Å². The van der Waals surface area contributed by atoms with Crippen molar-refractivity contribution < 1.29 is 72.6 Å². The molecule has 4 atom stereocenters. The highest BCUT2D eigenvalue weighted by atomic mass is 16.6. The van der Waals surface area contributed by atoms with Gasteiger partial charge >= 0.3 is 41.8 Å². The maximum Gasteiger partial charge on any atom is 0.347 e. The zero-order chi connectivity index (χ0) is 70.5. The third kappa shape index (κ3) is 67.1. The maximum absolute atomic E-state index is 12.0. The molecule has 0 aliphatic carbocycles. The third-order valence-electron chi connectivity index (χ3n) is 16.7. The molecule has 0 aliphatic heterocycles. The SMILES string of the molecule is CCCCCCCCCCCCCCCCCC(=O)O[C@@H](C)C(=O)O.CCCCCCCCCCCCCCCCCC(=O)O[C@@H](C)C(=O)O.CCCCCCCCCCCCCCCCCC(=O)O[C@@H](C)C(=O)OCc1ccccc1.C[C@H](O)C(=O)OCc1ccccc1. The average Bonchev–Trinajstić information content (AvgIpc) is 2.96. The largest absolute Gasteiger partial charge is 0.479 e. The highest BCUT2D eigenvalue weighted by molar-refractivity contribution is 5.79. The maximum atomic E-state index is 12.0. The normalized spacial score (nSPS) is 12.0. The standard InChI is InChI=1S/C28H46O4.2C21H40O4.C10H12O3/c1-3-4-5-6-7-8-9-10-11-12-13-14-15-16-20-23-27(29)32-25(2)28(30)31-24-26-21-18-17-19-22-26;2*1-3-4-5-6-7-8-9-10-11-12-13-14-15-16-17-18-20(22)25-19(2)21(23)24;1-8(11)10(12)13-7-9-5-3-2-4-6-9/h17-19,21-22,25H,3-16,20,23-24H2,1-2H3;2*19H,3-18H2,1-2H3,(H,23,24);2-6,8,11H,7H2,1H3/t25-;2*19-;8-/m0000/s1. The molecule has 2 aromatic carbocycles. The third-order valence-corrected chi connectivity index (χ3v) is 16.7. The van der Waals surface area contributed by atoms with Gasteiger partial charge in [-0.15, -0.1) is 0 Å². The summed E-state index contributed by atoms with van der Waals surface area (Å²) in [5.41, 5.74) is 1.83. The predicted octanol–water partition coefficient (Wildman–Crippen LogP) is 21.6. The molecule has 0 amide bonds. The zero-order valence-electron chi connectivity index (χ0n) is 61.2. The monoisotopic (exact) mass is 1340 g/mol. The highest BCUT2D eigenvalue weighted by Crippen LogP contribution is 2.18. The number of carbonyl (C=O) groups is 7. The fourth-order valence-corrected chi connectivity index (χ4v) is 10.5. The number of carboxylic acids is 2. The van der Waals surface area contributed by atoms with Gasteiger partial charge in [-0.05, 0) is 58.1 Å². The molecule has 2 aromatic rings. The summed E-state index contributed by atoms with van der Waals surface area (Å²) >= 11 is 0. The molecule has 0 spiro atoms. The van der Waals surface area contributed by atoms with E-state index in [1.54, 1.807) is 6.92 Å². The van der Waals surface area contributed by atoms with Crippen molar-refractivity contribution in [2.75, 3.05) is 0 Å². The van der Waals surface area contributed by atoms with Gasteiger partial charge in [0, 0.05) is 19.3 Å².